The van der Waals surface area contributed by atoms with Crippen molar-refractivity contribution in [2.75, 3.05) is 37.7 Å². The molecule has 0 radical (unpaired) electrons. The summed E-state index contributed by atoms with van der Waals surface area (Å²) >= 11 is 6.12. The van der Waals surface area contributed by atoms with E-state index in [0.717, 1.165) is 0 Å². The normalized spacial score (nSPS) is 18.2. The fourth-order valence-electron chi connectivity index (χ4n) is 3.40. The Hall–Kier alpha value is -1.69. The molecule has 9 nitrogen and oxygen atoms in total. The minimum absolute atomic E-state index is 0.00619. The van der Waals surface area contributed by atoms with Crippen LogP contribution >= 0.6 is 11.6 Å². The van der Waals surface area contributed by atoms with Gasteiger partial charge in [-0.2, -0.15) is 4.31 Å². The number of carbonyl (C=O) groups is 2. The second-order valence-corrected chi connectivity index (χ2v) is 11.8. The van der Waals surface area contributed by atoms with Gasteiger partial charge in [0.05, 0.1) is 23.1 Å². The number of hydrogen-bond acceptors (Lipinski definition) is 6. The van der Waals surface area contributed by atoms with Crippen LogP contribution in [-0.2, 0) is 24.7 Å². The molecule has 12 heteroatoms. The summed E-state index contributed by atoms with van der Waals surface area (Å²) in [6.45, 7) is 5.54. The van der Waals surface area contributed by atoms with E-state index in [9.17, 15) is 26.4 Å². The molecule has 0 saturated carbocycles. The number of nitrogens with one attached hydrogen (secondary N) is 1. The molecule has 1 saturated heterocycles. The van der Waals surface area contributed by atoms with Crippen molar-refractivity contribution in [3.05, 3.63) is 28.8 Å². The number of likely N-dealkylation sites (N-methyl/N-ethyl adjacent to an activating group) is 1. The van der Waals surface area contributed by atoms with Crippen LogP contribution in [0.15, 0.2) is 23.1 Å². The molecule has 31 heavy (non-hydrogen) atoms. The van der Waals surface area contributed by atoms with Crippen molar-refractivity contribution < 1.29 is 26.4 Å². The van der Waals surface area contributed by atoms with E-state index in [-0.39, 0.29) is 53.2 Å². The van der Waals surface area contributed by atoms with Gasteiger partial charge in [-0.3, -0.25) is 9.59 Å². The zero-order valence-electron chi connectivity index (χ0n) is 17.8. The lowest BCUT2D eigenvalue weighted by atomic mass is 10.2. The van der Waals surface area contributed by atoms with Crippen molar-refractivity contribution in [2.45, 2.75) is 38.1 Å². The first-order chi connectivity index (χ1) is 14.4. The van der Waals surface area contributed by atoms with Gasteiger partial charge in [0.1, 0.15) is 4.90 Å². The highest BCUT2D eigenvalue weighted by atomic mass is 35.5. The number of hydrogen-bond donors (Lipinski definition) is 1. The molecule has 0 aromatic heterocycles. The fourth-order valence-corrected chi connectivity index (χ4v) is 7.03. The summed E-state index contributed by atoms with van der Waals surface area (Å²) in [6.07, 6.45) is 0.345. The maximum atomic E-state index is 12.9. The lowest BCUT2D eigenvalue weighted by Gasteiger charge is -2.23. The molecule has 1 aromatic rings. The van der Waals surface area contributed by atoms with E-state index in [1.54, 1.807) is 20.8 Å². The number of halogens is 1. The lowest BCUT2D eigenvalue weighted by Crippen LogP contribution is -2.44. The quantitative estimate of drug-likeness (QED) is 0.550. The molecule has 2 rings (SSSR count). The van der Waals surface area contributed by atoms with Crippen molar-refractivity contribution >= 4 is 43.3 Å². The van der Waals surface area contributed by atoms with Crippen LogP contribution in [0.25, 0.3) is 0 Å². The van der Waals surface area contributed by atoms with Gasteiger partial charge in [0, 0.05) is 31.2 Å². The summed E-state index contributed by atoms with van der Waals surface area (Å²) in [5.41, 5.74) is 0.0909. The molecule has 0 unspecified atom stereocenters. The minimum Gasteiger partial charge on any atom is -0.351 e. The highest BCUT2D eigenvalue weighted by Gasteiger charge is 2.30. The predicted molar refractivity (Wildman–Crippen MR) is 118 cm³/mol. The molecule has 0 aliphatic carbocycles. The smallest absolute Gasteiger partial charge is 0.254 e. The number of benzene rings is 1. The Morgan fingerprint density at radius 3 is 2.32 bits per heavy atom. The molecule has 1 heterocycles. The van der Waals surface area contributed by atoms with E-state index >= 15 is 0 Å². The highest BCUT2D eigenvalue weighted by molar-refractivity contribution is 7.91. The van der Waals surface area contributed by atoms with Gasteiger partial charge >= 0.3 is 0 Å². The largest absolute Gasteiger partial charge is 0.351 e. The van der Waals surface area contributed by atoms with Crippen molar-refractivity contribution in [3.8, 4) is 0 Å². The molecular formula is C19H28ClN3O6S2. The van der Waals surface area contributed by atoms with Gasteiger partial charge in [-0.05, 0) is 31.5 Å². The Morgan fingerprint density at radius 1 is 1.16 bits per heavy atom. The summed E-state index contributed by atoms with van der Waals surface area (Å²) in [6, 6.07) is 3.52. The molecule has 1 aromatic carbocycles. The molecule has 0 bridgehead atoms. The molecule has 1 aliphatic heterocycles. The van der Waals surface area contributed by atoms with Crippen LogP contribution in [0.1, 0.15) is 37.6 Å². The first kappa shape index (κ1) is 25.6. The zero-order chi connectivity index (χ0) is 23.4. The molecule has 1 N–H and O–H groups in total. The standard InChI is InChI=1S/C19H28ClN3O6S2/c1-4-22(12-18(24)21-15-9-10-30(26,27)13-15)19(25)14-7-8-16(20)17(11-14)31(28,29)23(5-2)6-3/h7-8,11,15H,4-6,9-10,12-13H2,1-3H3,(H,21,24)/t15-/m1/s1. The zero-order valence-corrected chi connectivity index (χ0v) is 20.2. The second kappa shape index (κ2) is 10.3. The molecule has 2 amide bonds. The Bertz CT molecular complexity index is 1040. The van der Waals surface area contributed by atoms with Crippen LogP contribution in [0.5, 0.6) is 0 Å². The summed E-state index contributed by atoms with van der Waals surface area (Å²) in [7, 11) is -7.01. The van der Waals surface area contributed by atoms with Crippen LogP contribution in [0.3, 0.4) is 0 Å². The summed E-state index contributed by atoms with van der Waals surface area (Å²) in [4.78, 5) is 26.4. The third-order valence-corrected chi connectivity index (χ3v) is 9.40. The Labute approximate surface area is 188 Å². The van der Waals surface area contributed by atoms with Gasteiger partial charge in [-0.25, -0.2) is 16.8 Å². The van der Waals surface area contributed by atoms with Crippen molar-refractivity contribution in [2.24, 2.45) is 0 Å². The average Bonchev–Trinajstić information content (AvgIpc) is 3.04. The molecule has 1 atom stereocenters. The van der Waals surface area contributed by atoms with Gasteiger partial charge in [-0.1, -0.05) is 25.4 Å². The molecule has 0 spiro atoms. The average molecular weight is 494 g/mol. The number of carbonyl (C=O) groups excluding carboxylic acids is 2. The van der Waals surface area contributed by atoms with Crippen LogP contribution in [0.2, 0.25) is 5.02 Å². The molecular weight excluding hydrogens is 466 g/mol. The van der Waals surface area contributed by atoms with Gasteiger partial charge in [-0.15, -0.1) is 0 Å². The van der Waals surface area contributed by atoms with Crippen LogP contribution in [0, 0.1) is 0 Å². The molecule has 1 fully saturated rings. The number of amides is 2. The fraction of sp³-hybridized carbons (Fsp3) is 0.579. The Morgan fingerprint density at radius 2 is 1.81 bits per heavy atom. The van der Waals surface area contributed by atoms with Gasteiger partial charge in [0.15, 0.2) is 9.84 Å². The first-order valence-electron chi connectivity index (χ1n) is 10.0. The summed E-state index contributed by atoms with van der Waals surface area (Å²) in [5.74, 6) is -1.07. The van der Waals surface area contributed by atoms with E-state index < -0.39 is 37.7 Å². The van der Waals surface area contributed by atoms with Crippen LogP contribution < -0.4 is 5.32 Å². The SMILES string of the molecule is CCN(CC(=O)N[C@@H]1CCS(=O)(=O)C1)C(=O)c1ccc(Cl)c(S(=O)(=O)N(CC)CC)c1. The minimum atomic E-state index is -3.88. The van der Waals surface area contributed by atoms with Gasteiger partial charge < -0.3 is 10.2 Å². The monoisotopic (exact) mass is 493 g/mol. The van der Waals surface area contributed by atoms with E-state index in [2.05, 4.69) is 5.32 Å². The lowest BCUT2D eigenvalue weighted by molar-refractivity contribution is -0.122. The molecule has 174 valence electrons. The van der Waals surface area contributed by atoms with E-state index in [0.29, 0.717) is 6.42 Å². The maximum Gasteiger partial charge on any atom is 0.254 e. The highest BCUT2D eigenvalue weighted by Crippen LogP contribution is 2.26. The van der Waals surface area contributed by atoms with Crippen molar-refractivity contribution in [1.82, 2.24) is 14.5 Å². The van der Waals surface area contributed by atoms with Crippen molar-refractivity contribution in [3.63, 3.8) is 0 Å². The Kier molecular flexibility index (Phi) is 8.48. The van der Waals surface area contributed by atoms with Crippen LogP contribution in [0.4, 0.5) is 0 Å². The van der Waals surface area contributed by atoms with Crippen LogP contribution in [-0.4, -0.2) is 81.6 Å². The van der Waals surface area contributed by atoms with E-state index in [4.69, 9.17) is 11.6 Å². The number of sulfonamides is 1. The van der Waals surface area contributed by atoms with Crippen molar-refractivity contribution in [1.29, 1.82) is 0 Å². The second-order valence-electron chi connectivity index (χ2n) is 7.22. The van der Waals surface area contributed by atoms with Gasteiger partial charge in [0.2, 0.25) is 15.9 Å². The molecule has 1 aliphatic rings. The maximum absolute atomic E-state index is 12.9. The third kappa shape index (κ3) is 6.18. The van der Waals surface area contributed by atoms with Gasteiger partial charge in [0.25, 0.3) is 5.91 Å². The first-order valence-corrected chi connectivity index (χ1v) is 13.7. The summed E-state index contributed by atoms with van der Waals surface area (Å²) < 4.78 is 50.0. The Balaban J connectivity index is 2.19. The number of rotatable bonds is 9. The number of sulfone groups is 1. The summed E-state index contributed by atoms with van der Waals surface area (Å²) in [5, 5.41) is 2.65. The predicted octanol–water partition coefficient (Wildman–Crippen LogP) is 1.14. The van der Waals surface area contributed by atoms with E-state index in [1.165, 1.54) is 27.4 Å². The third-order valence-electron chi connectivity index (χ3n) is 5.10. The number of nitrogens with zero attached hydrogens (tertiary/aromatic N) is 2. The van der Waals surface area contributed by atoms with E-state index in [1.807, 2.05) is 0 Å². The topological polar surface area (TPSA) is 121 Å².